The first-order chi connectivity index (χ1) is 6.13. The first-order valence-electron chi connectivity index (χ1n) is 5.07. The van der Waals surface area contributed by atoms with Crippen LogP contribution >= 0.6 is 0 Å². The van der Waals surface area contributed by atoms with E-state index in [4.69, 9.17) is 5.73 Å². The summed E-state index contributed by atoms with van der Waals surface area (Å²) in [6, 6.07) is 0. The van der Waals surface area contributed by atoms with E-state index in [1.807, 2.05) is 18.9 Å². The number of nitrogens with zero attached hydrogens (tertiary/aromatic N) is 1. The Balaban J connectivity index is 2.32. The second kappa shape index (κ2) is 4.09. The van der Waals surface area contributed by atoms with E-state index in [0.29, 0.717) is 6.42 Å². The average molecular weight is 184 g/mol. The van der Waals surface area contributed by atoms with Gasteiger partial charge in [-0.1, -0.05) is 6.92 Å². The molecule has 1 rings (SSSR count). The van der Waals surface area contributed by atoms with Crippen LogP contribution in [-0.4, -0.2) is 30.9 Å². The van der Waals surface area contributed by atoms with Gasteiger partial charge in [-0.25, -0.2) is 0 Å². The van der Waals surface area contributed by atoms with E-state index in [1.54, 1.807) is 0 Å². The van der Waals surface area contributed by atoms with Crippen molar-refractivity contribution in [3.63, 3.8) is 0 Å². The lowest BCUT2D eigenvalue weighted by molar-refractivity contribution is -0.130. The van der Waals surface area contributed by atoms with Crippen LogP contribution in [0.2, 0.25) is 0 Å². The fraction of sp³-hybridized carbons (Fsp3) is 0.900. The molecule has 76 valence electrons. The maximum atomic E-state index is 11.4. The minimum absolute atomic E-state index is 0.252. The Hall–Kier alpha value is -0.570. The molecule has 0 aromatic heterocycles. The molecular formula is C10H20N2O. The van der Waals surface area contributed by atoms with Gasteiger partial charge in [0, 0.05) is 25.4 Å². The minimum atomic E-state index is 0.252. The van der Waals surface area contributed by atoms with Gasteiger partial charge in [0.25, 0.3) is 0 Å². The molecule has 1 aliphatic rings. The summed E-state index contributed by atoms with van der Waals surface area (Å²) in [7, 11) is 1.88. The summed E-state index contributed by atoms with van der Waals surface area (Å²) in [5, 5.41) is 0. The van der Waals surface area contributed by atoms with Crippen LogP contribution in [-0.2, 0) is 4.79 Å². The van der Waals surface area contributed by atoms with Gasteiger partial charge in [-0.15, -0.1) is 0 Å². The first-order valence-corrected chi connectivity index (χ1v) is 5.07. The lowest BCUT2D eigenvalue weighted by atomic mass is 10.1. The highest BCUT2D eigenvalue weighted by atomic mass is 16.2. The lowest BCUT2D eigenvalue weighted by Crippen LogP contribution is -2.35. The Morgan fingerprint density at radius 2 is 2.15 bits per heavy atom. The number of nitrogens with two attached hydrogens (primary N) is 1. The van der Waals surface area contributed by atoms with E-state index in [-0.39, 0.29) is 11.3 Å². The third kappa shape index (κ3) is 2.69. The van der Waals surface area contributed by atoms with Crippen molar-refractivity contribution in [1.82, 2.24) is 4.90 Å². The van der Waals surface area contributed by atoms with Gasteiger partial charge in [0.15, 0.2) is 0 Å². The maximum absolute atomic E-state index is 11.4. The van der Waals surface area contributed by atoms with Crippen molar-refractivity contribution >= 4 is 5.91 Å². The van der Waals surface area contributed by atoms with Crippen LogP contribution in [0.25, 0.3) is 0 Å². The molecule has 1 saturated carbocycles. The molecule has 0 aromatic rings. The summed E-state index contributed by atoms with van der Waals surface area (Å²) >= 11 is 0. The topological polar surface area (TPSA) is 46.3 Å². The molecule has 1 aliphatic carbocycles. The SMILES string of the molecule is CCCC(=O)N(C)CC1(CN)CC1. The number of carbonyl (C=O) groups excluding carboxylic acids is 1. The third-order valence-corrected chi connectivity index (χ3v) is 2.85. The molecule has 0 spiro atoms. The van der Waals surface area contributed by atoms with Crippen molar-refractivity contribution in [3.8, 4) is 0 Å². The van der Waals surface area contributed by atoms with E-state index < -0.39 is 0 Å². The number of rotatable bonds is 5. The number of amides is 1. The van der Waals surface area contributed by atoms with Crippen molar-refractivity contribution in [3.05, 3.63) is 0 Å². The van der Waals surface area contributed by atoms with Gasteiger partial charge in [0.1, 0.15) is 0 Å². The Bertz CT molecular complexity index is 187. The molecule has 0 atom stereocenters. The minimum Gasteiger partial charge on any atom is -0.345 e. The first kappa shape index (κ1) is 10.5. The van der Waals surface area contributed by atoms with Crippen LogP contribution in [0.1, 0.15) is 32.6 Å². The van der Waals surface area contributed by atoms with Crippen molar-refractivity contribution in [2.45, 2.75) is 32.6 Å². The van der Waals surface area contributed by atoms with Gasteiger partial charge in [-0.3, -0.25) is 4.79 Å². The molecular weight excluding hydrogens is 164 g/mol. The monoisotopic (exact) mass is 184 g/mol. The van der Waals surface area contributed by atoms with Crippen LogP contribution in [0.3, 0.4) is 0 Å². The Morgan fingerprint density at radius 1 is 1.54 bits per heavy atom. The van der Waals surface area contributed by atoms with Crippen LogP contribution in [0, 0.1) is 5.41 Å². The summed E-state index contributed by atoms with van der Waals surface area (Å²) in [6.45, 7) is 3.60. The molecule has 0 bridgehead atoms. The average Bonchev–Trinajstić information content (AvgIpc) is 2.86. The summed E-state index contributed by atoms with van der Waals surface area (Å²) in [5.74, 6) is 0.252. The molecule has 3 heteroatoms. The highest BCUT2D eigenvalue weighted by molar-refractivity contribution is 5.75. The number of carbonyl (C=O) groups is 1. The highest BCUT2D eigenvalue weighted by Crippen LogP contribution is 2.44. The molecule has 3 nitrogen and oxygen atoms in total. The standard InChI is InChI=1S/C10H20N2O/c1-3-4-9(13)12(2)8-10(7-11)5-6-10/h3-8,11H2,1-2H3. The van der Waals surface area contributed by atoms with Crippen molar-refractivity contribution in [1.29, 1.82) is 0 Å². The molecule has 0 heterocycles. The fourth-order valence-corrected chi connectivity index (χ4v) is 1.60. The molecule has 0 radical (unpaired) electrons. The number of hydrogen-bond acceptors (Lipinski definition) is 2. The van der Waals surface area contributed by atoms with Gasteiger partial charge in [0.05, 0.1) is 0 Å². The van der Waals surface area contributed by atoms with Gasteiger partial charge < -0.3 is 10.6 Å². The molecule has 0 unspecified atom stereocenters. The third-order valence-electron chi connectivity index (χ3n) is 2.85. The molecule has 2 N–H and O–H groups in total. The largest absolute Gasteiger partial charge is 0.345 e. The number of hydrogen-bond donors (Lipinski definition) is 1. The summed E-state index contributed by atoms with van der Waals surface area (Å²) in [5.41, 5.74) is 5.93. The smallest absolute Gasteiger partial charge is 0.222 e. The predicted octanol–water partition coefficient (Wildman–Crippen LogP) is 0.984. The second-order valence-corrected chi connectivity index (χ2v) is 4.20. The Morgan fingerprint density at radius 3 is 2.54 bits per heavy atom. The maximum Gasteiger partial charge on any atom is 0.222 e. The van der Waals surface area contributed by atoms with Crippen LogP contribution in [0.15, 0.2) is 0 Å². The van der Waals surface area contributed by atoms with E-state index in [2.05, 4.69) is 0 Å². The summed E-state index contributed by atoms with van der Waals surface area (Å²) in [4.78, 5) is 13.3. The van der Waals surface area contributed by atoms with E-state index >= 15 is 0 Å². The zero-order valence-corrected chi connectivity index (χ0v) is 8.68. The normalized spacial score (nSPS) is 18.4. The van der Waals surface area contributed by atoms with E-state index in [1.165, 1.54) is 12.8 Å². The summed E-state index contributed by atoms with van der Waals surface area (Å²) < 4.78 is 0. The van der Waals surface area contributed by atoms with E-state index in [9.17, 15) is 4.79 Å². The van der Waals surface area contributed by atoms with Gasteiger partial charge >= 0.3 is 0 Å². The van der Waals surface area contributed by atoms with E-state index in [0.717, 1.165) is 19.5 Å². The molecule has 1 fully saturated rings. The highest BCUT2D eigenvalue weighted by Gasteiger charge is 2.42. The second-order valence-electron chi connectivity index (χ2n) is 4.20. The molecule has 13 heavy (non-hydrogen) atoms. The van der Waals surface area contributed by atoms with Crippen molar-refractivity contribution in [2.75, 3.05) is 20.1 Å². The zero-order chi connectivity index (χ0) is 9.90. The Labute approximate surface area is 80.3 Å². The molecule has 0 saturated heterocycles. The molecule has 1 amide bonds. The lowest BCUT2D eigenvalue weighted by Gasteiger charge is -2.22. The quantitative estimate of drug-likeness (QED) is 0.692. The van der Waals surface area contributed by atoms with Crippen molar-refractivity contribution in [2.24, 2.45) is 11.1 Å². The zero-order valence-electron chi connectivity index (χ0n) is 8.68. The van der Waals surface area contributed by atoms with Crippen LogP contribution < -0.4 is 5.73 Å². The van der Waals surface area contributed by atoms with Gasteiger partial charge in [0.2, 0.25) is 5.91 Å². The van der Waals surface area contributed by atoms with Crippen LogP contribution in [0.4, 0.5) is 0 Å². The Kier molecular flexibility index (Phi) is 3.31. The van der Waals surface area contributed by atoms with Crippen LogP contribution in [0.5, 0.6) is 0 Å². The van der Waals surface area contributed by atoms with Gasteiger partial charge in [-0.05, 0) is 25.8 Å². The molecule has 0 aliphatic heterocycles. The predicted molar refractivity (Wildman–Crippen MR) is 53.3 cm³/mol. The fourth-order valence-electron chi connectivity index (χ4n) is 1.60. The molecule has 0 aromatic carbocycles. The summed E-state index contributed by atoms with van der Waals surface area (Å²) in [6.07, 6.45) is 3.97. The van der Waals surface area contributed by atoms with Gasteiger partial charge in [-0.2, -0.15) is 0 Å². The van der Waals surface area contributed by atoms with Crippen molar-refractivity contribution < 1.29 is 4.79 Å².